The van der Waals surface area contributed by atoms with Crippen molar-refractivity contribution in [2.75, 3.05) is 40.5 Å². The van der Waals surface area contributed by atoms with Gasteiger partial charge in [0, 0.05) is 53.4 Å². The first-order valence-electron chi connectivity index (χ1n) is 25.7. The molecule has 4 aromatic rings. The molecule has 77 heavy (non-hydrogen) atoms. The van der Waals surface area contributed by atoms with E-state index in [4.69, 9.17) is 18.9 Å². The first-order valence-corrected chi connectivity index (χ1v) is 25.7. The average Bonchev–Trinajstić information content (AvgIpc) is 4.15. The summed E-state index contributed by atoms with van der Waals surface area (Å²) in [5, 5.41) is 49.6. The molecule has 2 aliphatic rings. The fraction of sp³-hybridized carbons (Fsp3) is 0.444. The molecule has 0 radical (unpaired) electrons. The van der Waals surface area contributed by atoms with E-state index in [0.717, 1.165) is 22.3 Å². The summed E-state index contributed by atoms with van der Waals surface area (Å²) in [5.41, 5.74) is 3.32. The molecule has 0 saturated carbocycles. The second-order valence-corrected chi connectivity index (χ2v) is 18.6. The SMILES string of the molecule is COCCC[C@@H](NC(=O)[C@@H]1CCCN1C(=O)[C@@H](Cc1ccccc1)NC(=O)OCc1ccccc1)B(O)O.COCCC[C@@H](NC(=O)[C@@H]1CCCN1C(=O)[C@@H](Cc1ccccc1)NC(=O)OCc1ccccc1)B(O)O.[Mg+2]. The Hall–Kier alpha value is -6.04. The molecule has 8 N–H and O–H groups in total. The van der Waals surface area contributed by atoms with Gasteiger partial charge in [-0.1, -0.05) is 121 Å². The van der Waals surface area contributed by atoms with Crippen LogP contribution in [0.4, 0.5) is 9.59 Å². The molecule has 2 saturated heterocycles. The van der Waals surface area contributed by atoms with Gasteiger partial charge in [0.2, 0.25) is 23.6 Å². The molecule has 408 valence electrons. The van der Waals surface area contributed by atoms with Gasteiger partial charge >= 0.3 is 49.5 Å². The summed E-state index contributed by atoms with van der Waals surface area (Å²) in [7, 11) is -0.397. The molecule has 0 spiro atoms. The minimum atomic E-state index is -1.74. The van der Waals surface area contributed by atoms with Gasteiger partial charge in [0.15, 0.2) is 0 Å². The second kappa shape index (κ2) is 34.7. The topological polar surface area (TPSA) is 275 Å². The zero-order valence-electron chi connectivity index (χ0n) is 44.0. The molecule has 0 aliphatic carbocycles. The van der Waals surface area contributed by atoms with Gasteiger partial charge in [-0.25, -0.2) is 9.59 Å². The molecule has 0 aromatic heterocycles. The number of benzene rings is 4. The van der Waals surface area contributed by atoms with Crippen molar-refractivity contribution in [3.05, 3.63) is 144 Å². The third kappa shape index (κ3) is 21.7. The van der Waals surface area contributed by atoms with Gasteiger partial charge in [-0.15, -0.1) is 0 Å². The van der Waals surface area contributed by atoms with Crippen LogP contribution < -0.4 is 21.3 Å². The van der Waals surface area contributed by atoms with Gasteiger partial charge in [-0.2, -0.15) is 0 Å². The van der Waals surface area contributed by atoms with Crippen molar-refractivity contribution in [2.45, 2.75) is 113 Å². The van der Waals surface area contributed by atoms with Crippen molar-refractivity contribution in [1.29, 1.82) is 0 Å². The summed E-state index contributed by atoms with van der Waals surface area (Å²) in [6, 6.07) is 33.5. The Bertz CT molecular complexity index is 2220. The van der Waals surface area contributed by atoms with Crippen molar-refractivity contribution in [1.82, 2.24) is 31.1 Å². The first kappa shape index (κ1) is 63.5. The van der Waals surface area contributed by atoms with Crippen LogP contribution in [0.5, 0.6) is 0 Å². The number of likely N-dealkylation sites (tertiary alicyclic amines) is 2. The molecule has 0 unspecified atom stereocenters. The normalized spacial score (nSPS) is 16.2. The van der Waals surface area contributed by atoms with Crippen LogP contribution in [0, 0.1) is 0 Å². The second-order valence-electron chi connectivity index (χ2n) is 18.6. The van der Waals surface area contributed by atoms with Crippen LogP contribution in [0.3, 0.4) is 0 Å². The van der Waals surface area contributed by atoms with Crippen molar-refractivity contribution < 1.29 is 67.8 Å². The quantitative estimate of drug-likeness (QED) is 0.0332. The van der Waals surface area contributed by atoms with Gasteiger partial charge in [-0.3, -0.25) is 19.2 Å². The molecular formula is C54H72B2MgN6O14+2. The van der Waals surface area contributed by atoms with Crippen molar-refractivity contribution >= 4 is 73.1 Å². The monoisotopic (exact) mass is 1070 g/mol. The number of rotatable bonds is 26. The molecule has 23 heteroatoms. The van der Waals surface area contributed by atoms with Crippen molar-refractivity contribution in [2.24, 2.45) is 0 Å². The molecule has 6 rings (SSSR count). The summed E-state index contributed by atoms with van der Waals surface area (Å²) in [6.07, 6.45) is 2.73. The van der Waals surface area contributed by atoms with Gasteiger partial charge in [0.05, 0.1) is 11.9 Å². The molecular weight excluding hydrogens is 1000 g/mol. The Morgan fingerprint density at radius 3 is 1.16 bits per heavy atom. The Morgan fingerprint density at radius 1 is 0.519 bits per heavy atom. The molecule has 6 atom stereocenters. The number of alkyl carbamates (subject to hydrolysis) is 2. The standard InChI is InChI=1S/2C27H36BN3O7.Mg/c2*1-37-17-9-15-24(28(35)36)30-25(32)23-14-8-16-31(23)26(33)22(18-20-10-4-2-5-11-20)29-27(34)38-19-21-12-6-3-7-13-21;/h2*2-7,10-13,22-24,35-36H,8-9,14-19H2,1H3,(H,29,34)(H,30,32);/q;;+2/t2*22-,23+,24-;/m11./s1. The van der Waals surface area contributed by atoms with Crippen LogP contribution in [0.25, 0.3) is 0 Å². The largest absolute Gasteiger partial charge is 2.00 e. The van der Waals surface area contributed by atoms with Gasteiger partial charge in [0.1, 0.15) is 37.4 Å². The number of carbonyl (C=O) groups excluding carboxylic acids is 6. The Labute approximate surface area is 467 Å². The molecule has 2 aliphatic heterocycles. The zero-order chi connectivity index (χ0) is 54.7. The number of methoxy groups -OCH3 is 2. The first-order chi connectivity index (χ1) is 36.8. The van der Waals surface area contributed by atoms with Crippen molar-refractivity contribution in [3.63, 3.8) is 0 Å². The Kier molecular flexibility index (Phi) is 28.6. The van der Waals surface area contributed by atoms with E-state index < -0.39 is 86.1 Å². The summed E-state index contributed by atoms with van der Waals surface area (Å²) in [4.78, 5) is 81.7. The van der Waals surface area contributed by atoms with Crippen LogP contribution in [-0.4, -0.2) is 180 Å². The van der Waals surface area contributed by atoms with Gasteiger partial charge in [0.25, 0.3) is 0 Å². The number of hydrogen-bond donors (Lipinski definition) is 8. The number of hydrogen-bond acceptors (Lipinski definition) is 14. The maximum absolute atomic E-state index is 13.7. The summed E-state index contributed by atoms with van der Waals surface area (Å²) < 4.78 is 20.7. The van der Waals surface area contributed by atoms with E-state index in [0.29, 0.717) is 77.7 Å². The fourth-order valence-electron chi connectivity index (χ4n) is 8.96. The molecule has 2 heterocycles. The molecule has 4 aromatic carbocycles. The molecule has 0 bridgehead atoms. The molecule has 20 nitrogen and oxygen atoms in total. The van der Waals surface area contributed by atoms with Crippen LogP contribution in [0.2, 0.25) is 0 Å². The van der Waals surface area contributed by atoms with Crippen LogP contribution >= 0.6 is 0 Å². The molecule has 2 fully saturated rings. The van der Waals surface area contributed by atoms with Crippen LogP contribution in [0.1, 0.15) is 73.6 Å². The van der Waals surface area contributed by atoms with E-state index in [1.54, 1.807) is 14.2 Å². The van der Waals surface area contributed by atoms with E-state index in [9.17, 15) is 48.9 Å². The molecule has 6 amide bonds. The Balaban J connectivity index is 0.000000328. The maximum Gasteiger partial charge on any atom is 2.00 e. The van der Waals surface area contributed by atoms with Crippen LogP contribution in [-0.2, 0) is 64.2 Å². The third-order valence-electron chi connectivity index (χ3n) is 13.0. The van der Waals surface area contributed by atoms with E-state index in [1.807, 2.05) is 121 Å². The fourth-order valence-corrected chi connectivity index (χ4v) is 8.96. The minimum absolute atomic E-state index is 0. The van der Waals surface area contributed by atoms with E-state index in [1.165, 1.54) is 9.80 Å². The summed E-state index contributed by atoms with van der Waals surface area (Å²) in [6.45, 7) is 1.64. The summed E-state index contributed by atoms with van der Waals surface area (Å²) >= 11 is 0. The number of nitrogens with zero attached hydrogens (tertiary/aromatic N) is 2. The maximum atomic E-state index is 13.7. The average molecular weight is 1080 g/mol. The summed E-state index contributed by atoms with van der Waals surface area (Å²) in [5.74, 6) is -3.50. The number of nitrogens with one attached hydrogen (secondary N) is 4. The third-order valence-corrected chi connectivity index (χ3v) is 13.0. The number of carbonyl (C=O) groups is 6. The van der Waals surface area contributed by atoms with E-state index in [2.05, 4.69) is 21.3 Å². The van der Waals surface area contributed by atoms with Crippen molar-refractivity contribution in [3.8, 4) is 0 Å². The Morgan fingerprint density at radius 2 is 0.844 bits per heavy atom. The predicted octanol–water partition coefficient (Wildman–Crippen LogP) is 2.50. The zero-order valence-corrected chi connectivity index (χ0v) is 45.4. The number of amides is 6. The van der Waals surface area contributed by atoms with Gasteiger partial charge in [-0.05, 0) is 73.6 Å². The van der Waals surface area contributed by atoms with Gasteiger partial charge < -0.3 is 70.1 Å². The van der Waals surface area contributed by atoms with E-state index in [-0.39, 0.29) is 49.1 Å². The minimum Gasteiger partial charge on any atom is -0.445 e. The van der Waals surface area contributed by atoms with E-state index >= 15 is 0 Å². The van der Waals surface area contributed by atoms with Crippen LogP contribution in [0.15, 0.2) is 121 Å². The smallest absolute Gasteiger partial charge is 0.445 e. The predicted molar refractivity (Wildman–Crippen MR) is 289 cm³/mol. The number of ether oxygens (including phenoxy) is 4.